The molecule has 1 rings (SSSR count). The molecule has 1 atom stereocenters. The van der Waals surface area contributed by atoms with Gasteiger partial charge in [0.2, 0.25) is 5.91 Å². The lowest BCUT2D eigenvalue weighted by molar-refractivity contribution is -0.118. The molecule has 0 aliphatic carbocycles. The molecule has 6 heteroatoms. The van der Waals surface area contributed by atoms with Crippen LogP contribution >= 0.6 is 0 Å². The number of aromatic nitrogens is 2. The molecule has 6 nitrogen and oxygen atoms in total. The van der Waals surface area contributed by atoms with Crippen LogP contribution in [-0.2, 0) is 4.79 Å². The Balaban J connectivity index is 3.09. The van der Waals surface area contributed by atoms with Gasteiger partial charge in [0.05, 0.1) is 0 Å². The van der Waals surface area contributed by atoms with Crippen LogP contribution in [0.5, 0.6) is 0 Å². The van der Waals surface area contributed by atoms with Gasteiger partial charge >= 0.3 is 0 Å². The molecule has 1 aromatic rings. The summed E-state index contributed by atoms with van der Waals surface area (Å²) in [5.74, 6) is 1.36. The maximum Gasteiger partial charge on any atom is 0.239 e. The number of carbonyl (C=O) groups excluding carboxylic acids is 1. The first-order valence-electron chi connectivity index (χ1n) is 5.52. The third kappa shape index (κ3) is 3.05. The molecule has 0 spiro atoms. The lowest BCUT2D eigenvalue weighted by Crippen LogP contribution is -2.33. The zero-order valence-electron chi connectivity index (χ0n) is 10.6. The van der Waals surface area contributed by atoms with Crippen LogP contribution in [-0.4, -0.2) is 21.9 Å². The molecule has 17 heavy (non-hydrogen) atoms. The van der Waals surface area contributed by atoms with Gasteiger partial charge in [-0.05, 0) is 13.8 Å². The van der Waals surface area contributed by atoms with Crippen LogP contribution in [0.4, 0.5) is 11.6 Å². The SMILES string of the molecule is Cc1c(N)nc(C(C)C)nc1NC(C)C(N)=O. The van der Waals surface area contributed by atoms with Crippen LogP contribution in [0, 0.1) is 6.92 Å². The van der Waals surface area contributed by atoms with E-state index in [4.69, 9.17) is 11.5 Å². The van der Waals surface area contributed by atoms with Gasteiger partial charge in [0.25, 0.3) is 0 Å². The number of nitrogens with zero attached hydrogens (tertiary/aromatic N) is 2. The molecule has 0 saturated heterocycles. The number of hydrogen-bond acceptors (Lipinski definition) is 5. The number of primary amides is 1. The summed E-state index contributed by atoms with van der Waals surface area (Å²) in [6, 6.07) is -0.497. The van der Waals surface area contributed by atoms with Gasteiger partial charge in [0.15, 0.2) is 0 Å². The first-order chi connectivity index (χ1) is 7.82. The summed E-state index contributed by atoms with van der Waals surface area (Å²) in [6.07, 6.45) is 0. The molecule has 1 amide bonds. The topological polar surface area (TPSA) is 107 Å². The number of nitrogens with one attached hydrogen (secondary N) is 1. The predicted molar refractivity (Wildman–Crippen MR) is 67.5 cm³/mol. The molecule has 0 saturated carbocycles. The van der Waals surface area contributed by atoms with Crippen molar-refractivity contribution in [3.63, 3.8) is 0 Å². The fraction of sp³-hybridized carbons (Fsp3) is 0.545. The summed E-state index contributed by atoms with van der Waals surface area (Å²) in [7, 11) is 0. The molecule has 1 heterocycles. The number of nitrogen functional groups attached to an aromatic ring is 1. The average molecular weight is 237 g/mol. The second kappa shape index (κ2) is 4.99. The van der Waals surface area contributed by atoms with Crippen molar-refractivity contribution in [2.45, 2.75) is 39.7 Å². The molecule has 0 aromatic carbocycles. The second-order valence-electron chi connectivity index (χ2n) is 4.36. The van der Waals surface area contributed by atoms with Crippen LogP contribution in [0.1, 0.15) is 38.1 Å². The minimum absolute atomic E-state index is 0.169. The van der Waals surface area contributed by atoms with Gasteiger partial charge in [-0.2, -0.15) is 0 Å². The molecular weight excluding hydrogens is 218 g/mol. The fourth-order valence-electron chi connectivity index (χ4n) is 1.23. The minimum atomic E-state index is -0.497. The minimum Gasteiger partial charge on any atom is -0.383 e. The highest BCUT2D eigenvalue weighted by atomic mass is 16.1. The van der Waals surface area contributed by atoms with Gasteiger partial charge in [0, 0.05) is 11.5 Å². The molecule has 1 unspecified atom stereocenters. The van der Waals surface area contributed by atoms with Crippen molar-refractivity contribution < 1.29 is 4.79 Å². The molecule has 0 aliphatic rings. The molecule has 94 valence electrons. The van der Waals surface area contributed by atoms with Crippen molar-refractivity contribution in [3.05, 3.63) is 11.4 Å². The Hall–Kier alpha value is -1.85. The van der Waals surface area contributed by atoms with E-state index in [1.165, 1.54) is 0 Å². The van der Waals surface area contributed by atoms with Crippen molar-refractivity contribution in [1.82, 2.24) is 9.97 Å². The highest BCUT2D eigenvalue weighted by Crippen LogP contribution is 2.21. The van der Waals surface area contributed by atoms with Gasteiger partial charge in [-0.1, -0.05) is 13.8 Å². The van der Waals surface area contributed by atoms with Crippen molar-refractivity contribution in [2.24, 2.45) is 5.73 Å². The summed E-state index contributed by atoms with van der Waals surface area (Å²) in [6.45, 7) is 7.43. The molecule has 0 aliphatic heterocycles. The first-order valence-corrected chi connectivity index (χ1v) is 5.52. The van der Waals surface area contributed by atoms with Gasteiger partial charge in [-0.25, -0.2) is 9.97 Å². The first kappa shape index (κ1) is 13.2. The van der Waals surface area contributed by atoms with Crippen LogP contribution in [0.25, 0.3) is 0 Å². The zero-order valence-corrected chi connectivity index (χ0v) is 10.6. The monoisotopic (exact) mass is 237 g/mol. The summed E-state index contributed by atoms with van der Waals surface area (Å²) in [4.78, 5) is 19.5. The lowest BCUT2D eigenvalue weighted by Gasteiger charge is -2.16. The highest BCUT2D eigenvalue weighted by Gasteiger charge is 2.15. The Morgan fingerprint density at radius 3 is 2.35 bits per heavy atom. The van der Waals surface area contributed by atoms with Crippen LogP contribution < -0.4 is 16.8 Å². The van der Waals surface area contributed by atoms with Gasteiger partial charge in [-0.15, -0.1) is 0 Å². The van der Waals surface area contributed by atoms with Crippen LogP contribution in [0.3, 0.4) is 0 Å². The zero-order chi connectivity index (χ0) is 13.2. The summed E-state index contributed by atoms with van der Waals surface area (Å²) < 4.78 is 0. The maximum absolute atomic E-state index is 11.0. The van der Waals surface area contributed by atoms with Gasteiger partial charge < -0.3 is 16.8 Å². The normalized spacial score (nSPS) is 12.5. The number of rotatable bonds is 4. The van der Waals surface area contributed by atoms with Gasteiger partial charge in [-0.3, -0.25) is 4.79 Å². The predicted octanol–water partition coefficient (Wildman–Crippen LogP) is 0.776. The van der Waals surface area contributed by atoms with Crippen molar-refractivity contribution >= 4 is 17.5 Å². The quantitative estimate of drug-likeness (QED) is 0.717. The average Bonchev–Trinajstić information content (AvgIpc) is 2.23. The Morgan fingerprint density at radius 2 is 1.88 bits per heavy atom. The van der Waals surface area contributed by atoms with Crippen molar-refractivity contribution in [1.29, 1.82) is 0 Å². The van der Waals surface area contributed by atoms with Crippen molar-refractivity contribution in [2.75, 3.05) is 11.1 Å². The van der Waals surface area contributed by atoms with Crippen LogP contribution in [0.2, 0.25) is 0 Å². The van der Waals surface area contributed by atoms with E-state index >= 15 is 0 Å². The second-order valence-corrected chi connectivity index (χ2v) is 4.36. The van der Waals surface area contributed by atoms with E-state index in [-0.39, 0.29) is 5.92 Å². The lowest BCUT2D eigenvalue weighted by atomic mass is 10.2. The van der Waals surface area contributed by atoms with Gasteiger partial charge in [0.1, 0.15) is 23.5 Å². The summed E-state index contributed by atoms with van der Waals surface area (Å²) in [5, 5.41) is 2.94. The van der Waals surface area contributed by atoms with E-state index in [0.717, 1.165) is 5.56 Å². The van der Waals surface area contributed by atoms with E-state index in [1.54, 1.807) is 13.8 Å². The van der Waals surface area contributed by atoms with E-state index in [1.807, 2.05) is 13.8 Å². The molecule has 0 radical (unpaired) electrons. The Morgan fingerprint density at radius 1 is 1.29 bits per heavy atom. The summed E-state index contributed by atoms with van der Waals surface area (Å²) >= 11 is 0. The number of hydrogen-bond donors (Lipinski definition) is 3. The molecule has 0 fully saturated rings. The number of nitrogens with two attached hydrogens (primary N) is 2. The highest BCUT2D eigenvalue weighted by molar-refractivity contribution is 5.82. The van der Waals surface area contributed by atoms with E-state index in [9.17, 15) is 4.79 Å². The van der Waals surface area contributed by atoms with E-state index in [2.05, 4.69) is 15.3 Å². The Labute approximate surface area is 101 Å². The molecule has 1 aromatic heterocycles. The van der Waals surface area contributed by atoms with Crippen molar-refractivity contribution in [3.8, 4) is 0 Å². The third-order valence-corrected chi connectivity index (χ3v) is 2.50. The maximum atomic E-state index is 11.0. The van der Waals surface area contributed by atoms with Crippen LogP contribution in [0.15, 0.2) is 0 Å². The van der Waals surface area contributed by atoms with E-state index < -0.39 is 11.9 Å². The summed E-state index contributed by atoms with van der Waals surface area (Å²) in [5.41, 5.74) is 11.7. The number of carbonyl (C=O) groups is 1. The molecule has 5 N–H and O–H groups in total. The standard InChI is InChI=1S/C11H19N5O/c1-5(2)10-15-8(12)6(3)11(16-10)14-7(4)9(13)17/h5,7H,1-4H3,(H2,13,17)(H3,12,14,15,16). The Bertz CT molecular complexity index is 430. The number of amides is 1. The third-order valence-electron chi connectivity index (χ3n) is 2.50. The molecular formula is C11H19N5O. The smallest absolute Gasteiger partial charge is 0.239 e. The fourth-order valence-corrected chi connectivity index (χ4v) is 1.23. The largest absolute Gasteiger partial charge is 0.383 e. The number of anilines is 2. The molecule has 0 bridgehead atoms. The van der Waals surface area contributed by atoms with E-state index in [0.29, 0.717) is 17.5 Å². The Kier molecular flexibility index (Phi) is 3.88.